The molecule has 0 spiro atoms. The Hall–Kier alpha value is -1.13. The number of benzene rings is 1. The molecular formula is C12H12ClFN2S. The van der Waals surface area contributed by atoms with Gasteiger partial charge < -0.3 is 0 Å². The second kappa shape index (κ2) is 4.63. The van der Waals surface area contributed by atoms with Gasteiger partial charge in [0.15, 0.2) is 0 Å². The van der Waals surface area contributed by atoms with E-state index < -0.39 is 5.82 Å². The van der Waals surface area contributed by atoms with Crippen LogP contribution in [-0.4, -0.2) is 9.78 Å². The molecule has 1 N–H and O–H groups in total. The summed E-state index contributed by atoms with van der Waals surface area (Å²) in [6, 6.07) is 6.48. The van der Waals surface area contributed by atoms with Crippen molar-refractivity contribution in [3.63, 3.8) is 0 Å². The maximum absolute atomic E-state index is 13.4. The molecule has 17 heavy (non-hydrogen) atoms. The summed E-state index contributed by atoms with van der Waals surface area (Å²) in [6.45, 7) is 4.13. The maximum Gasteiger partial charge on any atom is 0.143 e. The smallest absolute Gasteiger partial charge is 0.143 e. The third-order valence-electron chi connectivity index (χ3n) is 2.52. The summed E-state index contributed by atoms with van der Waals surface area (Å²) < 4.78 is 15.7. The fourth-order valence-electron chi connectivity index (χ4n) is 1.53. The molecule has 0 aliphatic rings. The molecule has 1 aromatic carbocycles. The molecule has 0 unspecified atom stereocenters. The maximum atomic E-state index is 13.4. The molecule has 0 radical (unpaired) electrons. The van der Waals surface area contributed by atoms with Crippen molar-refractivity contribution in [1.82, 2.24) is 9.78 Å². The lowest BCUT2D eigenvalue weighted by Gasteiger charge is -2.05. The van der Waals surface area contributed by atoms with Crippen molar-refractivity contribution in [3.05, 3.63) is 45.4 Å². The van der Waals surface area contributed by atoms with Crippen molar-refractivity contribution in [3.8, 4) is 5.69 Å². The second-order valence-corrected chi connectivity index (χ2v) is 4.96. The lowest BCUT2D eigenvalue weighted by Crippen LogP contribution is -1.99. The molecule has 0 aliphatic heterocycles. The van der Waals surface area contributed by atoms with E-state index in [-0.39, 0.29) is 5.02 Å². The number of aromatic nitrogens is 2. The fraction of sp³-hybridized carbons (Fsp3) is 0.250. The minimum absolute atomic E-state index is 0.107. The molecule has 0 aliphatic carbocycles. The molecule has 0 saturated carbocycles. The summed E-state index contributed by atoms with van der Waals surface area (Å²) >= 11 is 10.9. The molecule has 0 bridgehead atoms. The Morgan fingerprint density at radius 3 is 2.59 bits per heavy atom. The first-order chi connectivity index (χ1) is 7.99. The summed E-state index contributed by atoms with van der Waals surface area (Å²) in [7, 11) is 0. The molecule has 0 atom stereocenters. The van der Waals surface area contributed by atoms with E-state index in [2.05, 4.69) is 18.9 Å². The number of nitrogens with zero attached hydrogens (tertiary/aromatic N) is 1. The Kier molecular flexibility index (Phi) is 3.35. The fourth-order valence-corrected chi connectivity index (χ4v) is 1.92. The summed E-state index contributed by atoms with van der Waals surface area (Å²) in [5, 5.41) is 3.25. The minimum atomic E-state index is -0.452. The van der Waals surface area contributed by atoms with Crippen molar-refractivity contribution in [2.45, 2.75) is 19.8 Å². The standard InChI is InChI=1S/C12H12ClFN2S/c1-7(2)11-6-12(17)16(15-11)8-3-4-9(13)10(14)5-8/h3-7,15H,1-2H3. The summed E-state index contributed by atoms with van der Waals surface area (Å²) in [5.41, 5.74) is 1.66. The third kappa shape index (κ3) is 2.42. The van der Waals surface area contributed by atoms with Crippen LogP contribution in [0.4, 0.5) is 4.39 Å². The van der Waals surface area contributed by atoms with Gasteiger partial charge in [0.05, 0.1) is 10.7 Å². The monoisotopic (exact) mass is 270 g/mol. The van der Waals surface area contributed by atoms with Crippen LogP contribution >= 0.6 is 23.8 Å². The Labute approximate surface area is 109 Å². The van der Waals surface area contributed by atoms with Gasteiger partial charge in [0, 0.05) is 11.8 Å². The summed E-state index contributed by atoms with van der Waals surface area (Å²) in [6.07, 6.45) is 0. The van der Waals surface area contributed by atoms with Crippen LogP contribution in [0.3, 0.4) is 0 Å². The Bertz CT molecular complexity index is 601. The van der Waals surface area contributed by atoms with Crippen LogP contribution in [0, 0.1) is 10.5 Å². The van der Waals surface area contributed by atoms with E-state index in [0.29, 0.717) is 16.2 Å². The van der Waals surface area contributed by atoms with E-state index in [0.717, 1.165) is 5.69 Å². The van der Waals surface area contributed by atoms with E-state index in [4.69, 9.17) is 23.8 Å². The zero-order chi connectivity index (χ0) is 12.6. The van der Waals surface area contributed by atoms with Crippen molar-refractivity contribution in [1.29, 1.82) is 0 Å². The number of aromatic amines is 1. The van der Waals surface area contributed by atoms with Gasteiger partial charge in [-0.2, -0.15) is 0 Å². The van der Waals surface area contributed by atoms with E-state index in [1.165, 1.54) is 12.1 Å². The second-order valence-electron chi connectivity index (χ2n) is 4.14. The highest BCUT2D eigenvalue weighted by Gasteiger charge is 2.07. The third-order valence-corrected chi connectivity index (χ3v) is 3.13. The van der Waals surface area contributed by atoms with Crippen LogP contribution in [0.25, 0.3) is 5.69 Å². The van der Waals surface area contributed by atoms with Crippen LogP contribution in [0.1, 0.15) is 25.5 Å². The molecule has 5 heteroatoms. The topological polar surface area (TPSA) is 20.7 Å². The minimum Gasteiger partial charge on any atom is -0.297 e. The van der Waals surface area contributed by atoms with Gasteiger partial charge in [-0.3, -0.25) is 5.10 Å². The molecule has 2 aromatic rings. The van der Waals surface area contributed by atoms with Gasteiger partial charge in [-0.1, -0.05) is 37.7 Å². The molecule has 2 nitrogen and oxygen atoms in total. The largest absolute Gasteiger partial charge is 0.297 e. The number of nitrogens with one attached hydrogen (secondary N) is 1. The highest BCUT2D eigenvalue weighted by atomic mass is 35.5. The molecule has 2 rings (SSSR count). The van der Waals surface area contributed by atoms with E-state index >= 15 is 0 Å². The van der Waals surface area contributed by atoms with Gasteiger partial charge in [-0.15, -0.1) is 0 Å². The predicted molar refractivity (Wildman–Crippen MR) is 70.0 cm³/mol. The number of H-pyrrole nitrogens is 1. The Morgan fingerprint density at radius 2 is 2.06 bits per heavy atom. The number of hydrogen-bond donors (Lipinski definition) is 1. The first kappa shape index (κ1) is 12.3. The van der Waals surface area contributed by atoms with Crippen LogP contribution in [-0.2, 0) is 0 Å². The van der Waals surface area contributed by atoms with E-state index in [9.17, 15) is 4.39 Å². The lowest BCUT2D eigenvalue weighted by atomic mass is 10.1. The van der Waals surface area contributed by atoms with Crippen molar-refractivity contribution in [2.24, 2.45) is 0 Å². The van der Waals surface area contributed by atoms with E-state index in [1.807, 2.05) is 6.07 Å². The van der Waals surface area contributed by atoms with Crippen LogP contribution in [0.5, 0.6) is 0 Å². The number of halogens is 2. The summed E-state index contributed by atoms with van der Waals surface area (Å²) in [5.74, 6) is -0.109. The lowest BCUT2D eigenvalue weighted by molar-refractivity contribution is 0.625. The Morgan fingerprint density at radius 1 is 1.35 bits per heavy atom. The molecule has 1 heterocycles. The van der Waals surface area contributed by atoms with Gasteiger partial charge in [0.1, 0.15) is 10.5 Å². The van der Waals surface area contributed by atoms with Crippen LogP contribution < -0.4 is 0 Å². The quantitative estimate of drug-likeness (QED) is 0.800. The van der Waals surface area contributed by atoms with Crippen LogP contribution in [0.2, 0.25) is 5.02 Å². The van der Waals surface area contributed by atoms with Crippen molar-refractivity contribution >= 4 is 23.8 Å². The average Bonchev–Trinajstić information content (AvgIpc) is 2.65. The number of hydrogen-bond acceptors (Lipinski definition) is 1. The highest BCUT2D eigenvalue weighted by Crippen LogP contribution is 2.20. The zero-order valence-electron chi connectivity index (χ0n) is 9.50. The first-order valence-electron chi connectivity index (χ1n) is 5.26. The predicted octanol–water partition coefficient (Wildman–Crippen LogP) is 4.45. The van der Waals surface area contributed by atoms with E-state index in [1.54, 1.807) is 10.7 Å². The molecule has 0 fully saturated rings. The number of rotatable bonds is 2. The molecular weight excluding hydrogens is 259 g/mol. The summed E-state index contributed by atoms with van der Waals surface area (Å²) in [4.78, 5) is 0. The molecule has 90 valence electrons. The van der Waals surface area contributed by atoms with Gasteiger partial charge in [-0.25, -0.2) is 9.07 Å². The Balaban J connectivity index is 2.53. The van der Waals surface area contributed by atoms with Gasteiger partial charge in [-0.05, 0) is 24.1 Å². The normalized spacial score (nSPS) is 11.1. The zero-order valence-corrected chi connectivity index (χ0v) is 11.1. The average molecular weight is 271 g/mol. The van der Waals surface area contributed by atoms with Crippen LogP contribution in [0.15, 0.2) is 24.3 Å². The van der Waals surface area contributed by atoms with Gasteiger partial charge >= 0.3 is 0 Å². The SMILES string of the molecule is CC(C)c1cc(=S)n(-c2ccc(Cl)c(F)c2)[nH]1. The molecule has 0 amide bonds. The van der Waals surface area contributed by atoms with Gasteiger partial charge in [0.2, 0.25) is 0 Å². The first-order valence-corrected chi connectivity index (χ1v) is 6.05. The molecule has 1 aromatic heterocycles. The van der Waals surface area contributed by atoms with Gasteiger partial charge in [0.25, 0.3) is 0 Å². The molecule has 0 saturated heterocycles. The van der Waals surface area contributed by atoms with Crippen molar-refractivity contribution < 1.29 is 4.39 Å². The van der Waals surface area contributed by atoms with Crippen molar-refractivity contribution in [2.75, 3.05) is 0 Å². The highest BCUT2D eigenvalue weighted by molar-refractivity contribution is 7.71.